The van der Waals surface area contributed by atoms with Crippen LogP contribution in [-0.4, -0.2) is 13.2 Å². The lowest BCUT2D eigenvalue weighted by molar-refractivity contribution is 0.260. The number of nitrogens with zero attached hydrogens (tertiary/aromatic N) is 1. The van der Waals surface area contributed by atoms with Gasteiger partial charge >= 0.3 is 0 Å². The number of para-hydroxylation sites is 1. The number of halogens is 1. The van der Waals surface area contributed by atoms with Gasteiger partial charge in [-0.2, -0.15) is 5.26 Å². The van der Waals surface area contributed by atoms with Gasteiger partial charge in [0, 0.05) is 12.1 Å². The van der Waals surface area contributed by atoms with E-state index in [1.807, 2.05) is 26.0 Å². The molecule has 0 bridgehead atoms. The first kappa shape index (κ1) is 17.0. The minimum Gasteiger partial charge on any atom is -0.492 e. The van der Waals surface area contributed by atoms with Crippen LogP contribution in [0.1, 0.15) is 39.2 Å². The van der Waals surface area contributed by atoms with Gasteiger partial charge in [0.2, 0.25) is 0 Å². The van der Waals surface area contributed by atoms with Crippen molar-refractivity contribution in [2.45, 2.75) is 40.2 Å². The van der Waals surface area contributed by atoms with Crippen LogP contribution in [0.2, 0.25) is 0 Å². The molecule has 1 N–H and O–H groups in total. The second kappa shape index (κ2) is 8.28. The fourth-order valence-corrected chi connectivity index (χ4v) is 2.24. The van der Waals surface area contributed by atoms with Crippen LogP contribution < -0.4 is 10.1 Å². The standard InChI is InChI=1S/C16H23BrN2O/c1-4-9-19-11-13-6-5-7-14(17)15(13)20-10-8-16(2,3)12-18/h5-7,19H,4,8-11H2,1-3H3. The molecule has 110 valence electrons. The summed E-state index contributed by atoms with van der Waals surface area (Å²) in [7, 11) is 0. The van der Waals surface area contributed by atoms with E-state index in [9.17, 15) is 0 Å². The van der Waals surface area contributed by atoms with E-state index in [0.29, 0.717) is 13.0 Å². The zero-order valence-corrected chi connectivity index (χ0v) is 14.1. The molecule has 0 atom stereocenters. The molecule has 0 aliphatic carbocycles. The first-order valence-electron chi connectivity index (χ1n) is 7.02. The first-order chi connectivity index (χ1) is 9.50. The molecule has 0 aromatic heterocycles. The Labute approximate surface area is 130 Å². The quantitative estimate of drug-likeness (QED) is 0.720. The Morgan fingerprint density at radius 2 is 2.15 bits per heavy atom. The Morgan fingerprint density at radius 1 is 1.40 bits per heavy atom. The number of benzene rings is 1. The van der Waals surface area contributed by atoms with Crippen molar-refractivity contribution in [3.63, 3.8) is 0 Å². The van der Waals surface area contributed by atoms with E-state index in [4.69, 9.17) is 10.00 Å². The highest BCUT2D eigenvalue weighted by atomic mass is 79.9. The molecule has 4 heteroatoms. The highest BCUT2D eigenvalue weighted by Gasteiger charge is 2.17. The van der Waals surface area contributed by atoms with E-state index < -0.39 is 0 Å². The molecule has 0 heterocycles. The van der Waals surface area contributed by atoms with Crippen molar-refractivity contribution in [3.05, 3.63) is 28.2 Å². The molecule has 0 spiro atoms. The van der Waals surface area contributed by atoms with Crippen molar-refractivity contribution in [1.82, 2.24) is 5.32 Å². The Morgan fingerprint density at radius 3 is 2.80 bits per heavy atom. The van der Waals surface area contributed by atoms with Gasteiger partial charge in [-0.3, -0.25) is 0 Å². The molecule has 3 nitrogen and oxygen atoms in total. The zero-order valence-electron chi connectivity index (χ0n) is 12.5. The maximum absolute atomic E-state index is 9.02. The minimum atomic E-state index is -0.345. The van der Waals surface area contributed by atoms with E-state index in [-0.39, 0.29) is 5.41 Å². The van der Waals surface area contributed by atoms with Gasteiger partial charge in [-0.25, -0.2) is 0 Å². The highest BCUT2D eigenvalue weighted by molar-refractivity contribution is 9.10. The second-order valence-electron chi connectivity index (χ2n) is 5.50. The molecule has 0 radical (unpaired) electrons. The summed E-state index contributed by atoms with van der Waals surface area (Å²) in [5, 5.41) is 12.4. The number of nitriles is 1. The summed E-state index contributed by atoms with van der Waals surface area (Å²) in [5.74, 6) is 0.879. The molecule has 0 fully saturated rings. The average molecular weight is 339 g/mol. The lowest BCUT2D eigenvalue weighted by atomic mass is 9.92. The van der Waals surface area contributed by atoms with Crippen LogP contribution in [0.3, 0.4) is 0 Å². The second-order valence-corrected chi connectivity index (χ2v) is 6.35. The van der Waals surface area contributed by atoms with Crippen LogP contribution in [-0.2, 0) is 6.54 Å². The van der Waals surface area contributed by atoms with Crippen LogP contribution in [0.4, 0.5) is 0 Å². The summed E-state index contributed by atoms with van der Waals surface area (Å²) >= 11 is 3.54. The summed E-state index contributed by atoms with van der Waals surface area (Å²) in [5.41, 5.74) is 0.796. The van der Waals surface area contributed by atoms with Gasteiger partial charge < -0.3 is 10.1 Å². The van der Waals surface area contributed by atoms with Crippen molar-refractivity contribution in [3.8, 4) is 11.8 Å². The summed E-state index contributed by atoms with van der Waals surface area (Å²) < 4.78 is 6.86. The van der Waals surface area contributed by atoms with Crippen molar-refractivity contribution >= 4 is 15.9 Å². The normalized spacial score (nSPS) is 11.2. The maximum atomic E-state index is 9.02. The van der Waals surface area contributed by atoms with E-state index >= 15 is 0 Å². The lowest BCUT2D eigenvalue weighted by Gasteiger charge is -2.18. The van der Waals surface area contributed by atoms with Crippen molar-refractivity contribution < 1.29 is 4.74 Å². The predicted molar refractivity (Wildman–Crippen MR) is 85.6 cm³/mol. The van der Waals surface area contributed by atoms with Gasteiger partial charge in [-0.05, 0) is 55.2 Å². The summed E-state index contributed by atoms with van der Waals surface area (Å²) in [4.78, 5) is 0. The van der Waals surface area contributed by atoms with E-state index in [2.05, 4.69) is 40.3 Å². The fourth-order valence-electron chi connectivity index (χ4n) is 1.72. The van der Waals surface area contributed by atoms with E-state index in [1.165, 1.54) is 0 Å². The Bertz CT molecular complexity index is 466. The molecular formula is C16H23BrN2O. The third-order valence-electron chi connectivity index (χ3n) is 3.07. The van der Waals surface area contributed by atoms with Gasteiger partial charge in [0.15, 0.2) is 0 Å². The molecule has 0 saturated heterocycles. The monoisotopic (exact) mass is 338 g/mol. The summed E-state index contributed by atoms with van der Waals surface area (Å²) in [6, 6.07) is 8.36. The molecule has 0 aliphatic heterocycles. The number of hydrogen-bond acceptors (Lipinski definition) is 3. The Hall–Kier alpha value is -1.05. The number of ether oxygens (including phenoxy) is 1. The van der Waals surface area contributed by atoms with Crippen LogP contribution in [0.25, 0.3) is 0 Å². The molecule has 1 rings (SSSR count). The third kappa shape index (κ3) is 5.52. The van der Waals surface area contributed by atoms with Gasteiger partial charge in [0.1, 0.15) is 5.75 Å². The molecule has 0 unspecified atom stereocenters. The van der Waals surface area contributed by atoms with Gasteiger partial charge in [-0.1, -0.05) is 19.1 Å². The van der Waals surface area contributed by atoms with Crippen molar-refractivity contribution in [2.75, 3.05) is 13.2 Å². The molecular weight excluding hydrogens is 316 g/mol. The molecule has 20 heavy (non-hydrogen) atoms. The zero-order chi connectivity index (χ0) is 15.0. The topological polar surface area (TPSA) is 45.0 Å². The maximum Gasteiger partial charge on any atom is 0.137 e. The van der Waals surface area contributed by atoms with Crippen LogP contribution in [0.5, 0.6) is 5.75 Å². The number of hydrogen-bond donors (Lipinski definition) is 1. The average Bonchev–Trinajstić information content (AvgIpc) is 2.42. The fraction of sp³-hybridized carbons (Fsp3) is 0.562. The Kier molecular flexibility index (Phi) is 7.04. The molecule has 0 saturated carbocycles. The Balaban J connectivity index is 2.66. The van der Waals surface area contributed by atoms with Crippen LogP contribution >= 0.6 is 15.9 Å². The first-order valence-corrected chi connectivity index (χ1v) is 7.81. The van der Waals surface area contributed by atoms with E-state index in [1.54, 1.807) is 0 Å². The SMILES string of the molecule is CCCNCc1cccc(Br)c1OCCC(C)(C)C#N. The summed E-state index contributed by atoms with van der Waals surface area (Å²) in [6.07, 6.45) is 1.83. The largest absolute Gasteiger partial charge is 0.492 e. The summed E-state index contributed by atoms with van der Waals surface area (Å²) in [6.45, 7) is 8.34. The van der Waals surface area contributed by atoms with Gasteiger partial charge in [0.05, 0.1) is 22.6 Å². The third-order valence-corrected chi connectivity index (χ3v) is 3.69. The minimum absolute atomic E-state index is 0.345. The molecule has 1 aromatic rings. The van der Waals surface area contributed by atoms with Gasteiger partial charge in [-0.15, -0.1) is 0 Å². The lowest BCUT2D eigenvalue weighted by Crippen LogP contribution is -2.16. The van der Waals surface area contributed by atoms with Crippen LogP contribution in [0.15, 0.2) is 22.7 Å². The van der Waals surface area contributed by atoms with Crippen LogP contribution in [0, 0.1) is 16.7 Å². The highest BCUT2D eigenvalue weighted by Crippen LogP contribution is 2.30. The van der Waals surface area contributed by atoms with Crippen molar-refractivity contribution in [1.29, 1.82) is 5.26 Å². The smallest absolute Gasteiger partial charge is 0.137 e. The van der Waals surface area contributed by atoms with E-state index in [0.717, 1.165) is 35.3 Å². The number of nitrogens with one attached hydrogen (secondary N) is 1. The number of rotatable bonds is 8. The molecule has 0 aliphatic rings. The van der Waals surface area contributed by atoms with Crippen molar-refractivity contribution in [2.24, 2.45) is 5.41 Å². The predicted octanol–water partition coefficient (Wildman–Crippen LogP) is 4.27. The molecule has 1 aromatic carbocycles. The van der Waals surface area contributed by atoms with Gasteiger partial charge in [0.25, 0.3) is 0 Å². The molecule has 0 amide bonds.